The van der Waals surface area contributed by atoms with Crippen molar-refractivity contribution in [3.63, 3.8) is 0 Å². The fourth-order valence-electron chi connectivity index (χ4n) is 3.67. The topological polar surface area (TPSA) is 111 Å². The molecule has 3 heterocycles. The second kappa shape index (κ2) is 7.39. The number of hydrogen-bond acceptors (Lipinski definition) is 6. The average Bonchev–Trinajstić information content (AvgIpc) is 3.28. The summed E-state index contributed by atoms with van der Waals surface area (Å²) in [6.07, 6.45) is 0.939. The zero-order chi connectivity index (χ0) is 17.6. The molecule has 1 aromatic heterocycles. The number of hydrogen-bond donors (Lipinski definition) is 1. The third-order valence-corrected chi connectivity index (χ3v) is 5.03. The van der Waals surface area contributed by atoms with Crippen LogP contribution in [0.1, 0.15) is 31.6 Å². The van der Waals surface area contributed by atoms with Crippen LogP contribution in [0.25, 0.3) is 11.5 Å². The molecule has 2 saturated heterocycles. The van der Waals surface area contributed by atoms with Gasteiger partial charge in [0, 0.05) is 12.1 Å². The number of aliphatic carboxylic acids is 1. The Labute approximate surface area is 192 Å². The van der Waals surface area contributed by atoms with E-state index in [1.165, 1.54) is 4.90 Å². The minimum atomic E-state index is -1.19. The predicted molar refractivity (Wildman–Crippen MR) is 83.8 cm³/mol. The first-order chi connectivity index (χ1) is 12.0. The van der Waals surface area contributed by atoms with Crippen LogP contribution in [-0.2, 0) is 4.79 Å². The summed E-state index contributed by atoms with van der Waals surface area (Å²) < 4.78 is 5.24. The van der Waals surface area contributed by atoms with Crippen LogP contribution in [0.3, 0.4) is 0 Å². The summed E-state index contributed by atoms with van der Waals surface area (Å²) in [6, 6.07) is 8.36. The van der Waals surface area contributed by atoms with Gasteiger partial charge < -0.3 is 24.6 Å². The molecule has 1 unspecified atom stereocenters. The fourth-order valence-corrected chi connectivity index (χ4v) is 3.67. The maximum Gasteiger partial charge on any atom is 1.00 e. The molecule has 1 aromatic carbocycles. The minimum absolute atomic E-state index is 0. The summed E-state index contributed by atoms with van der Waals surface area (Å²) >= 11 is 0. The van der Waals surface area contributed by atoms with Crippen LogP contribution in [0.2, 0.25) is 0 Å². The maximum absolute atomic E-state index is 12.5. The minimum Gasteiger partial charge on any atom is -0.548 e. The van der Waals surface area contributed by atoms with Crippen molar-refractivity contribution in [1.29, 1.82) is 0 Å². The number of carboxylic acids is 1. The molecule has 1 saturated carbocycles. The van der Waals surface area contributed by atoms with Crippen LogP contribution in [0.15, 0.2) is 34.9 Å². The number of urea groups is 1. The maximum atomic E-state index is 12.5. The van der Waals surface area contributed by atoms with Crippen molar-refractivity contribution in [2.24, 2.45) is 5.92 Å². The largest absolute Gasteiger partial charge is 1.00 e. The number of carbonyl (C=O) groups is 2. The number of fused-ring (bicyclic) bond motifs is 1. The molecule has 130 valence electrons. The number of rotatable bonds is 4. The van der Waals surface area contributed by atoms with Crippen molar-refractivity contribution in [1.82, 2.24) is 20.4 Å². The van der Waals surface area contributed by atoms with E-state index in [4.69, 9.17) is 4.52 Å². The molecule has 9 heteroatoms. The van der Waals surface area contributed by atoms with Gasteiger partial charge in [-0.05, 0) is 37.8 Å². The Kier molecular flexibility index (Phi) is 5.54. The zero-order valence-corrected chi connectivity index (χ0v) is 17.8. The summed E-state index contributed by atoms with van der Waals surface area (Å²) in [4.78, 5) is 29.6. The normalized spacial score (nSPS) is 24.3. The number of carbonyl (C=O) groups excluding carboxylic acids is 2. The molecule has 0 spiro atoms. The first-order valence-corrected chi connectivity index (χ1v) is 8.18. The molecule has 2 aliphatic heterocycles. The van der Waals surface area contributed by atoms with E-state index in [0.29, 0.717) is 31.1 Å². The van der Waals surface area contributed by atoms with Crippen molar-refractivity contribution in [3.05, 3.63) is 36.2 Å². The molecule has 26 heavy (non-hydrogen) atoms. The predicted octanol–water partition coefficient (Wildman–Crippen LogP) is -2.27. The van der Waals surface area contributed by atoms with Crippen LogP contribution in [-0.4, -0.2) is 39.1 Å². The number of nitrogens with zero attached hydrogens (tertiary/aromatic N) is 3. The van der Waals surface area contributed by atoms with Gasteiger partial charge in [0.15, 0.2) is 5.82 Å². The van der Waals surface area contributed by atoms with Gasteiger partial charge in [0.2, 0.25) is 0 Å². The molecule has 2 aromatic rings. The zero-order valence-electron chi connectivity index (χ0n) is 14.6. The summed E-state index contributed by atoms with van der Waals surface area (Å²) in [5, 5.41) is 18.1. The molecule has 1 N–H and O–H groups in total. The van der Waals surface area contributed by atoms with Crippen molar-refractivity contribution < 1.29 is 70.6 Å². The summed E-state index contributed by atoms with van der Waals surface area (Å²) in [5.74, 6) is -0.239. The van der Waals surface area contributed by atoms with Crippen LogP contribution in [0.5, 0.6) is 0 Å². The van der Waals surface area contributed by atoms with Gasteiger partial charge in [0.1, 0.15) is 0 Å². The molecule has 1 aliphatic carbocycles. The van der Waals surface area contributed by atoms with Crippen LogP contribution < -0.4 is 61.8 Å². The molecule has 5 rings (SSSR count). The number of carboxylic acid groups (broad SMARTS) is 1. The Hall–Kier alpha value is -1.26. The summed E-state index contributed by atoms with van der Waals surface area (Å²) in [7, 11) is 0. The van der Waals surface area contributed by atoms with E-state index in [-0.39, 0.29) is 57.3 Å². The molecule has 3 aliphatic rings. The summed E-state index contributed by atoms with van der Waals surface area (Å²) in [5.41, 5.74) is -0.364. The molecule has 8 nitrogen and oxygen atoms in total. The van der Waals surface area contributed by atoms with Gasteiger partial charge in [-0.3, -0.25) is 0 Å². The van der Waals surface area contributed by atoms with Crippen LogP contribution >= 0.6 is 0 Å². The summed E-state index contributed by atoms with van der Waals surface area (Å²) in [6.45, 7) is 2.16. The van der Waals surface area contributed by atoms with Gasteiger partial charge in [-0.15, -0.1) is 0 Å². The fraction of sp³-hybridized carbons (Fsp3) is 0.412. The average molecular weight is 380 g/mol. The smallest absolute Gasteiger partial charge is 0.548 e. The van der Waals surface area contributed by atoms with Gasteiger partial charge in [0.05, 0.1) is 17.6 Å². The first-order valence-electron chi connectivity index (χ1n) is 8.18. The molecule has 0 radical (unpaired) electrons. The van der Waals surface area contributed by atoms with E-state index in [1.54, 1.807) is 6.92 Å². The Balaban J connectivity index is 0.00000196. The molecule has 1 atom stereocenters. The standard InChI is InChI=1S/C17H18N4O4.K/c1-10(13-19-14(25-20-13)12-5-3-2-4-6-12)18-16(24)21-9-11-7-17(21,8-11)15(22)23;/h2-6,10-11H,7-9H2,1H3,(H,18,24)(H,22,23);/q;+1/p-1. The van der Waals surface area contributed by atoms with Crippen molar-refractivity contribution in [2.45, 2.75) is 31.3 Å². The van der Waals surface area contributed by atoms with E-state index < -0.39 is 23.6 Å². The monoisotopic (exact) mass is 380 g/mol. The van der Waals surface area contributed by atoms with Gasteiger partial charge in [-0.2, -0.15) is 4.98 Å². The van der Waals surface area contributed by atoms with Gasteiger partial charge >= 0.3 is 57.4 Å². The third kappa shape index (κ3) is 3.22. The Morgan fingerprint density at radius 2 is 2.04 bits per heavy atom. The van der Waals surface area contributed by atoms with E-state index in [1.807, 2.05) is 30.3 Å². The van der Waals surface area contributed by atoms with Crippen LogP contribution in [0.4, 0.5) is 4.79 Å². The Bertz CT molecular complexity index is 819. The first kappa shape index (κ1) is 19.5. The van der Waals surface area contributed by atoms with Gasteiger partial charge in [-0.1, -0.05) is 23.4 Å². The van der Waals surface area contributed by atoms with Crippen molar-refractivity contribution >= 4 is 12.0 Å². The van der Waals surface area contributed by atoms with E-state index in [9.17, 15) is 14.7 Å². The van der Waals surface area contributed by atoms with Crippen molar-refractivity contribution in [2.75, 3.05) is 6.54 Å². The Morgan fingerprint density at radius 3 is 2.69 bits per heavy atom. The van der Waals surface area contributed by atoms with E-state index in [0.717, 1.165) is 5.56 Å². The quantitative estimate of drug-likeness (QED) is 0.599. The van der Waals surface area contributed by atoms with Crippen LogP contribution in [0, 0.1) is 5.92 Å². The number of nitrogens with one attached hydrogen (secondary N) is 1. The molecule has 3 fully saturated rings. The second-order valence-electron chi connectivity index (χ2n) is 6.70. The molecule has 2 bridgehead atoms. The molecular formula is C17H17KN4O4. The van der Waals surface area contributed by atoms with E-state index >= 15 is 0 Å². The SMILES string of the molecule is CC(NC(=O)N1CC2CC1(C(=O)[O-])C2)c1noc(-c2ccccc2)n1.[K+]. The van der Waals surface area contributed by atoms with Gasteiger partial charge in [-0.25, -0.2) is 4.79 Å². The second-order valence-corrected chi connectivity index (χ2v) is 6.70. The molecular weight excluding hydrogens is 363 g/mol. The molecule has 2 amide bonds. The van der Waals surface area contributed by atoms with Crippen molar-refractivity contribution in [3.8, 4) is 11.5 Å². The third-order valence-electron chi connectivity index (χ3n) is 5.03. The Morgan fingerprint density at radius 1 is 1.35 bits per heavy atom. The van der Waals surface area contributed by atoms with E-state index in [2.05, 4.69) is 15.5 Å². The van der Waals surface area contributed by atoms with Gasteiger partial charge in [0.25, 0.3) is 5.89 Å². The number of aromatic nitrogens is 2. The number of benzene rings is 1. The number of amides is 2.